The molecule has 2 aromatic heterocycles. The number of pyridine rings is 1. The summed E-state index contributed by atoms with van der Waals surface area (Å²) in [4.78, 5) is 39.1. The topological polar surface area (TPSA) is 100 Å². The van der Waals surface area contributed by atoms with Crippen LogP contribution in [0.3, 0.4) is 0 Å². The van der Waals surface area contributed by atoms with E-state index in [1.807, 2.05) is 0 Å². The molecule has 1 saturated heterocycles. The monoisotopic (exact) mass is 490 g/mol. The number of nitrogens with one attached hydrogen (secondary N) is 2. The van der Waals surface area contributed by atoms with Crippen molar-refractivity contribution in [1.82, 2.24) is 25.2 Å². The first-order valence-electron chi connectivity index (χ1n) is 12.0. The van der Waals surface area contributed by atoms with Crippen LogP contribution >= 0.6 is 0 Å². The van der Waals surface area contributed by atoms with E-state index in [1.165, 1.54) is 37.6 Å². The van der Waals surface area contributed by atoms with Gasteiger partial charge in [-0.15, -0.1) is 0 Å². The molecule has 2 aromatic rings. The number of anilines is 1. The summed E-state index contributed by atoms with van der Waals surface area (Å²) in [5.74, 6) is 0.0387. The average molecular weight is 491 g/mol. The molecule has 11 heteroatoms. The fourth-order valence-corrected chi connectivity index (χ4v) is 4.56. The van der Waals surface area contributed by atoms with Gasteiger partial charge >= 0.3 is 6.18 Å². The number of aromatic nitrogens is 3. The van der Waals surface area contributed by atoms with Gasteiger partial charge in [-0.3, -0.25) is 14.5 Å². The standard InChI is InChI=1S/C24H29F3N6O2/c25-24(26,27)19-8-4-7-18(30-19)23(35)32-20-9-12-28-21(31-20)15-33-13-10-16(11-14-33)22(34)29-17-5-2-1-3-6-17/h4,7-9,12,16-17H,1-3,5-6,10-11,13-15H2,(H,29,34)(H,28,31,32,35). The number of hydrogen-bond donors (Lipinski definition) is 2. The van der Waals surface area contributed by atoms with Gasteiger partial charge in [0.15, 0.2) is 0 Å². The minimum absolute atomic E-state index is 0.0136. The summed E-state index contributed by atoms with van der Waals surface area (Å²) in [5.41, 5.74) is -1.49. The van der Waals surface area contributed by atoms with Crippen molar-refractivity contribution in [2.75, 3.05) is 18.4 Å². The summed E-state index contributed by atoms with van der Waals surface area (Å²) in [6, 6.07) is 4.93. The van der Waals surface area contributed by atoms with E-state index in [9.17, 15) is 22.8 Å². The highest BCUT2D eigenvalue weighted by Crippen LogP contribution is 2.27. The molecular weight excluding hydrogens is 461 g/mol. The van der Waals surface area contributed by atoms with Crippen LogP contribution in [0.5, 0.6) is 0 Å². The largest absolute Gasteiger partial charge is 0.433 e. The van der Waals surface area contributed by atoms with Gasteiger partial charge in [0.05, 0.1) is 6.54 Å². The molecule has 4 rings (SSSR count). The Morgan fingerprint density at radius 2 is 1.74 bits per heavy atom. The third-order valence-corrected chi connectivity index (χ3v) is 6.49. The maximum absolute atomic E-state index is 12.9. The first-order valence-corrected chi connectivity index (χ1v) is 12.0. The van der Waals surface area contributed by atoms with Crippen molar-refractivity contribution >= 4 is 17.6 Å². The summed E-state index contributed by atoms with van der Waals surface area (Å²) in [5, 5.41) is 5.70. The number of nitrogens with zero attached hydrogens (tertiary/aromatic N) is 4. The van der Waals surface area contributed by atoms with Crippen LogP contribution in [0.4, 0.5) is 19.0 Å². The van der Waals surface area contributed by atoms with Crippen LogP contribution < -0.4 is 10.6 Å². The minimum Gasteiger partial charge on any atom is -0.353 e. The molecule has 2 amide bonds. The SMILES string of the molecule is O=C(Nc1ccnc(CN2CCC(C(=O)NC3CCCCC3)CC2)n1)c1cccc(C(F)(F)F)n1. The Morgan fingerprint density at radius 1 is 1.00 bits per heavy atom. The zero-order valence-corrected chi connectivity index (χ0v) is 19.4. The zero-order chi connectivity index (χ0) is 24.8. The Kier molecular flexibility index (Phi) is 7.94. The number of alkyl halides is 3. The van der Waals surface area contributed by atoms with Crippen molar-refractivity contribution < 1.29 is 22.8 Å². The van der Waals surface area contributed by atoms with Gasteiger partial charge in [-0.05, 0) is 57.0 Å². The third-order valence-electron chi connectivity index (χ3n) is 6.49. The van der Waals surface area contributed by atoms with E-state index in [0.29, 0.717) is 18.4 Å². The third kappa shape index (κ3) is 6.97. The normalized spacial score (nSPS) is 18.3. The first kappa shape index (κ1) is 25.0. The lowest BCUT2D eigenvalue weighted by molar-refractivity contribution is -0.141. The predicted octanol–water partition coefficient (Wildman–Crippen LogP) is 3.80. The summed E-state index contributed by atoms with van der Waals surface area (Å²) in [7, 11) is 0. The maximum atomic E-state index is 12.9. The summed E-state index contributed by atoms with van der Waals surface area (Å²) in [6.45, 7) is 1.91. The van der Waals surface area contributed by atoms with Crippen molar-refractivity contribution in [1.29, 1.82) is 0 Å². The van der Waals surface area contributed by atoms with Crippen molar-refractivity contribution in [3.63, 3.8) is 0 Å². The highest BCUT2D eigenvalue weighted by atomic mass is 19.4. The van der Waals surface area contributed by atoms with Crippen LogP contribution in [-0.2, 0) is 17.5 Å². The van der Waals surface area contributed by atoms with Crippen LogP contribution in [0.1, 0.15) is 67.0 Å². The molecule has 8 nitrogen and oxygen atoms in total. The Hall–Kier alpha value is -3.08. The molecule has 1 aliphatic heterocycles. The van der Waals surface area contributed by atoms with Gasteiger partial charge in [0.2, 0.25) is 5.91 Å². The molecule has 1 saturated carbocycles. The summed E-state index contributed by atoms with van der Waals surface area (Å²) in [6.07, 6.45) is 4.12. The van der Waals surface area contributed by atoms with E-state index in [1.54, 1.807) is 0 Å². The van der Waals surface area contributed by atoms with Gasteiger partial charge in [0.1, 0.15) is 23.0 Å². The number of likely N-dealkylation sites (tertiary alicyclic amines) is 1. The second kappa shape index (κ2) is 11.1. The van der Waals surface area contributed by atoms with E-state index in [0.717, 1.165) is 50.9 Å². The van der Waals surface area contributed by atoms with Crippen molar-refractivity contribution in [3.8, 4) is 0 Å². The van der Waals surface area contributed by atoms with E-state index >= 15 is 0 Å². The van der Waals surface area contributed by atoms with Crippen LogP contribution in [0, 0.1) is 5.92 Å². The molecule has 0 spiro atoms. The van der Waals surface area contributed by atoms with E-state index in [4.69, 9.17) is 0 Å². The zero-order valence-electron chi connectivity index (χ0n) is 19.4. The number of amides is 2. The lowest BCUT2D eigenvalue weighted by Gasteiger charge is -2.32. The molecule has 188 valence electrons. The van der Waals surface area contributed by atoms with Crippen molar-refractivity contribution in [2.24, 2.45) is 5.92 Å². The van der Waals surface area contributed by atoms with Gasteiger partial charge in [0.25, 0.3) is 5.91 Å². The fourth-order valence-electron chi connectivity index (χ4n) is 4.56. The Bertz CT molecular complexity index is 1030. The highest BCUT2D eigenvalue weighted by molar-refractivity contribution is 6.02. The molecule has 1 aliphatic carbocycles. The smallest absolute Gasteiger partial charge is 0.353 e. The summed E-state index contributed by atoms with van der Waals surface area (Å²) >= 11 is 0. The Morgan fingerprint density at radius 3 is 2.46 bits per heavy atom. The predicted molar refractivity (Wildman–Crippen MR) is 122 cm³/mol. The lowest BCUT2D eigenvalue weighted by atomic mass is 9.92. The maximum Gasteiger partial charge on any atom is 0.433 e. The van der Waals surface area contributed by atoms with Gasteiger partial charge in [0, 0.05) is 18.2 Å². The number of halogens is 3. The van der Waals surface area contributed by atoms with E-state index < -0.39 is 17.8 Å². The summed E-state index contributed by atoms with van der Waals surface area (Å²) < 4.78 is 38.6. The van der Waals surface area contributed by atoms with Gasteiger partial charge < -0.3 is 10.6 Å². The number of carbonyl (C=O) groups is 2. The Balaban J connectivity index is 1.28. The average Bonchev–Trinajstić information content (AvgIpc) is 2.85. The van der Waals surface area contributed by atoms with Crippen LogP contribution in [0.25, 0.3) is 0 Å². The highest BCUT2D eigenvalue weighted by Gasteiger charge is 2.33. The molecular formula is C24H29F3N6O2. The molecule has 0 bridgehead atoms. The quantitative estimate of drug-likeness (QED) is 0.639. The molecule has 2 aliphatic rings. The molecule has 3 heterocycles. The minimum atomic E-state index is -4.64. The van der Waals surface area contributed by atoms with Crippen molar-refractivity contribution in [3.05, 3.63) is 47.7 Å². The second-order valence-electron chi connectivity index (χ2n) is 9.11. The molecule has 35 heavy (non-hydrogen) atoms. The number of rotatable bonds is 6. The van der Waals surface area contributed by atoms with Crippen LogP contribution in [-0.4, -0.2) is 50.8 Å². The molecule has 0 radical (unpaired) electrons. The Labute approximate surface area is 201 Å². The van der Waals surface area contributed by atoms with Gasteiger partial charge in [-0.25, -0.2) is 15.0 Å². The second-order valence-corrected chi connectivity index (χ2v) is 9.11. The van der Waals surface area contributed by atoms with E-state index in [2.05, 4.69) is 30.5 Å². The number of carbonyl (C=O) groups excluding carboxylic acids is 2. The fraction of sp³-hybridized carbons (Fsp3) is 0.542. The molecule has 0 unspecified atom stereocenters. The molecule has 2 fully saturated rings. The number of piperidine rings is 1. The molecule has 0 aromatic carbocycles. The lowest BCUT2D eigenvalue weighted by Crippen LogP contribution is -2.44. The van der Waals surface area contributed by atoms with E-state index in [-0.39, 0.29) is 23.3 Å². The first-order chi connectivity index (χ1) is 16.8. The number of hydrogen-bond acceptors (Lipinski definition) is 6. The molecule has 0 atom stereocenters. The van der Waals surface area contributed by atoms with Crippen molar-refractivity contribution in [2.45, 2.75) is 63.7 Å². The van der Waals surface area contributed by atoms with Crippen LogP contribution in [0.15, 0.2) is 30.5 Å². The molecule has 2 N–H and O–H groups in total. The van der Waals surface area contributed by atoms with Gasteiger partial charge in [-0.2, -0.15) is 13.2 Å². The van der Waals surface area contributed by atoms with Gasteiger partial charge in [-0.1, -0.05) is 25.3 Å². The van der Waals surface area contributed by atoms with Crippen LogP contribution in [0.2, 0.25) is 0 Å².